The van der Waals surface area contributed by atoms with E-state index < -0.39 is 17.4 Å². The quantitative estimate of drug-likeness (QED) is 0.624. The first-order valence-electron chi connectivity index (χ1n) is 7.09. The lowest BCUT2D eigenvalue weighted by Gasteiger charge is -2.23. The Balaban J connectivity index is 1.72. The van der Waals surface area contributed by atoms with Gasteiger partial charge in [0.1, 0.15) is 0 Å². The van der Waals surface area contributed by atoms with Crippen molar-refractivity contribution in [3.63, 3.8) is 0 Å². The van der Waals surface area contributed by atoms with Gasteiger partial charge in [-0.1, -0.05) is 30.3 Å². The largest absolute Gasteiger partial charge is 0.468 e. The third-order valence-corrected chi connectivity index (χ3v) is 4.52. The second-order valence-electron chi connectivity index (χ2n) is 5.54. The number of carbonyl (C=O) groups is 2. The summed E-state index contributed by atoms with van der Waals surface area (Å²) in [7, 11) is 1.30. The Labute approximate surface area is 123 Å². The summed E-state index contributed by atoms with van der Waals surface area (Å²) in [6, 6.07) is 9.82. The van der Waals surface area contributed by atoms with Crippen LogP contribution < -0.4 is 0 Å². The van der Waals surface area contributed by atoms with Gasteiger partial charge < -0.3 is 14.2 Å². The fourth-order valence-corrected chi connectivity index (χ4v) is 3.37. The van der Waals surface area contributed by atoms with Crippen LogP contribution >= 0.6 is 0 Å². The third-order valence-electron chi connectivity index (χ3n) is 4.52. The predicted molar refractivity (Wildman–Crippen MR) is 73.2 cm³/mol. The summed E-state index contributed by atoms with van der Waals surface area (Å²) in [6.45, 7) is 0.695. The second kappa shape index (κ2) is 5.48. The van der Waals surface area contributed by atoms with Crippen LogP contribution in [0.2, 0.25) is 0 Å². The molecule has 0 radical (unpaired) electrons. The Morgan fingerprint density at radius 1 is 1.38 bits per heavy atom. The van der Waals surface area contributed by atoms with Crippen molar-refractivity contribution in [2.45, 2.75) is 25.6 Å². The van der Waals surface area contributed by atoms with E-state index in [9.17, 15) is 9.59 Å². The summed E-state index contributed by atoms with van der Waals surface area (Å²) >= 11 is 0. The highest BCUT2D eigenvalue weighted by Crippen LogP contribution is 2.50. The van der Waals surface area contributed by atoms with Crippen LogP contribution in [0.15, 0.2) is 30.3 Å². The normalized spacial score (nSPS) is 30.8. The SMILES string of the molecule is COC(=O)[C@@]12CC[C@@H](OCc3ccccc3)[C@@H]1COC2=O. The van der Waals surface area contributed by atoms with Crippen molar-refractivity contribution in [2.75, 3.05) is 13.7 Å². The van der Waals surface area contributed by atoms with E-state index in [1.807, 2.05) is 30.3 Å². The number of hydrogen-bond donors (Lipinski definition) is 0. The lowest BCUT2D eigenvalue weighted by atomic mass is 9.79. The predicted octanol–water partition coefficient (Wildman–Crippen LogP) is 1.70. The molecule has 0 amide bonds. The molecular weight excluding hydrogens is 272 g/mol. The summed E-state index contributed by atoms with van der Waals surface area (Å²) in [6.07, 6.45) is 0.945. The monoisotopic (exact) mass is 290 g/mol. The van der Waals surface area contributed by atoms with Gasteiger partial charge in [0, 0.05) is 5.92 Å². The van der Waals surface area contributed by atoms with Crippen LogP contribution in [-0.4, -0.2) is 31.8 Å². The lowest BCUT2D eigenvalue weighted by Crippen LogP contribution is -2.41. The number of esters is 2. The zero-order chi connectivity index (χ0) is 14.9. The zero-order valence-corrected chi connectivity index (χ0v) is 11.9. The maximum atomic E-state index is 12.1. The molecule has 1 saturated heterocycles. The Morgan fingerprint density at radius 3 is 2.86 bits per heavy atom. The van der Waals surface area contributed by atoms with Gasteiger partial charge in [0.2, 0.25) is 0 Å². The first kappa shape index (κ1) is 14.1. The van der Waals surface area contributed by atoms with E-state index in [4.69, 9.17) is 14.2 Å². The highest BCUT2D eigenvalue weighted by Gasteiger charge is 2.65. The number of methoxy groups -OCH3 is 1. The highest BCUT2D eigenvalue weighted by atomic mass is 16.6. The fourth-order valence-electron chi connectivity index (χ4n) is 3.37. The number of fused-ring (bicyclic) bond motifs is 1. The van der Waals surface area contributed by atoms with E-state index in [0.717, 1.165) is 5.56 Å². The van der Waals surface area contributed by atoms with Gasteiger partial charge >= 0.3 is 11.9 Å². The van der Waals surface area contributed by atoms with Crippen LogP contribution in [0.4, 0.5) is 0 Å². The first-order chi connectivity index (χ1) is 10.2. The number of cyclic esters (lactones) is 1. The smallest absolute Gasteiger partial charge is 0.324 e. The molecule has 0 unspecified atom stereocenters. The molecule has 1 heterocycles. The average Bonchev–Trinajstić information content (AvgIpc) is 3.05. The molecule has 3 atom stereocenters. The molecule has 1 aliphatic carbocycles. The minimum Gasteiger partial charge on any atom is -0.468 e. The Bertz CT molecular complexity index is 541. The third kappa shape index (κ3) is 2.21. The lowest BCUT2D eigenvalue weighted by molar-refractivity contribution is -0.164. The van der Waals surface area contributed by atoms with E-state index >= 15 is 0 Å². The maximum Gasteiger partial charge on any atom is 0.324 e. The van der Waals surface area contributed by atoms with Gasteiger partial charge in [0.25, 0.3) is 0 Å². The molecule has 21 heavy (non-hydrogen) atoms. The second-order valence-corrected chi connectivity index (χ2v) is 5.54. The summed E-state index contributed by atoms with van der Waals surface area (Å²) in [5.41, 5.74) is -0.0888. The molecule has 1 aromatic rings. The Kier molecular flexibility index (Phi) is 3.68. The molecule has 1 aliphatic heterocycles. The van der Waals surface area contributed by atoms with Gasteiger partial charge in [-0.3, -0.25) is 9.59 Å². The van der Waals surface area contributed by atoms with Crippen LogP contribution in [0.25, 0.3) is 0 Å². The molecule has 3 rings (SSSR count). The van der Waals surface area contributed by atoms with Gasteiger partial charge in [-0.2, -0.15) is 0 Å². The van der Waals surface area contributed by atoms with Gasteiger partial charge in [-0.05, 0) is 18.4 Å². The number of ether oxygens (including phenoxy) is 3. The molecule has 1 aromatic carbocycles. The van der Waals surface area contributed by atoms with E-state index in [1.54, 1.807) is 0 Å². The molecule has 5 heteroatoms. The van der Waals surface area contributed by atoms with Gasteiger partial charge in [-0.25, -0.2) is 0 Å². The van der Waals surface area contributed by atoms with Crippen molar-refractivity contribution in [3.05, 3.63) is 35.9 Å². The summed E-state index contributed by atoms with van der Waals surface area (Å²) in [4.78, 5) is 24.1. The fraction of sp³-hybridized carbons (Fsp3) is 0.500. The van der Waals surface area contributed by atoms with Crippen molar-refractivity contribution < 1.29 is 23.8 Å². The molecule has 0 spiro atoms. The number of carbonyl (C=O) groups excluding carboxylic acids is 2. The van der Waals surface area contributed by atoms with E-state index in [-0.39, 0.29) is 18.6 Å². The van der Waals surface area contributed by atoms with E-state index in [1.165, 1.54) is 7.11 Å². The minimum atomic E-state index is -1.16. The van der Waals surface area contributed by atoms with Gasteiger partial charge in [0.15, 0.2) is 5.41 Å². The van der Waals surface area contributed by atoms with Crippen LogP contribution in [0.5, 0.6) is 0 Å². The van der Waals surface area contributed by atoms with Crippen LogP contribution in [-0.2, 0) is 30.4 Å². The maximum absolute atomic E-state index is 12.1. The molecule has 112 valence electrons. The van der Waals surface area contributed by atoms with Gasteiger partial charge in [0.05, 0.1) is 26.4 Å². The molecule has 5 nitrogen and oxygen atoms in total. The van der Waals surface area contributed by atoms with Crippen molar-refractivity contribution in [2.24, 2.45) is 11.3 Å². The topological polar surface area (TPSA) is 61.8 Å². The molecule has 2 aliphatic rings. The van der Waals surface area contributed by atoms with Crippen molar-refractivity contribution >= 4 is 11.9 Å². The molecule has 0 bridgehead atoms. The summed E-state index contributed by atoms with van der Waals surface area (Å²) < 4.78 is 15.9. The molecule has 1 saturated carbocycles. The first-order valence-corrected chi connectivity index (χ1v) is 7.09. The summed E-state index contributed by atoms with van der Waals surface area (Å²) in [5.74, 6) is -1.22. The van der Waals surface area contributed by atoms with Crippen molar-refractivity contribution in [3.8, 4) is 0 Å². The minimum absolute atomic E-state index is 0.157. The molecule has 0 N–H and O–H groups in total. The number of benzene rings is 1. The number of hydrogen-bond acceptors (Lipinski definition) is 5. The van der Waals surface area contributed by atoms with Gasteiger partial charge in [-0.15, -0.1) is 0 Å². The van der Waals surface area contributed by atoms with Crippen molar-refractivity contribution in [1.82, 2.24) is 0 Å². The zero-order valence-electron chi connectivity index (χ0n) is 11.9. The highest BCUT2D eigenvalue weighted by molar-refractivity contribution is 6.02. The molecule has 2 fully saturated rings. The Hall–Kier alpha value is -1.88. The van der Waals surface area contributed by atoms with Crippen LogP contribution in [0, 0.1) is 11.3 Å². The average molecular weight is 290 g/mol. The number of rotatable bonds is 4. The van der Waals surface area contributed by atoms with Crippen LogP contribution in [0.3, 0.4) is 0 Å². The van der Waals surface area contributed by atoms with Crippen molar-refractivity contribution in [1.29, 1.82) is 0 Å². The molecular formula is C16H18O5. The van der Waals surface area contributed by atoms with E-state index in [0.29, 0.717) is 19.4 Å². The molecule has 0 aromatic heterocycles. The summed E-state index contributed by atoms with van der Waals surface area (Å²) in [5, 5.41) is 0. The van der Waals surface area contributed by atoms with E-state index in [2.05, 4.69) is 0 Å². The van der Waals surface area contributed by atoms with Crippen LogP contribution in [0.1, 0.15) is 18.4 Å². The Morgan fingerprint density at radius 2 is 2.14 bits per heavy atom. The standard InChI is InChI=1S/C16H18O5/c1-19-14(17)16-8-7-13(12(16)10-21-15(16)18)20-9-11-5-3-2-4-6-11/h2-6,12-13H,7-10H2,1H3/t12-,13+,16+/m0/s1.